The van der Waals surface area contributed by atoms with Crippen LogP contribution in [0.5, 0.6) is 0 Å². The first-order chi connectivity index (χ1) is 8.84. The van der Waals surface area contributed by atoms with Gasteiger partial charge in [-0.05, 0) is 18.2 Å². The number of benzene rings is 1. The van der Waals surface area contributed by atoms with E-state index in [1.165, 1.54) is 0 Å². The first-order valence-electron chi connectivity index (χ1n) is 5.75. The van der Waals surface area contributed by atoms with Gasteiger partial charge in [0, 0.05) is 11.8 Å². The van der Waals surface area contributed by atoms with Crippen molar-refractivity contribution >= 4 is 23.5 Å². The molecule has 1 aromatic rings. The number of hydrogen-bond acceptors (Lipinski definition) is 3. The summed E-state index contributed by atoms with van der Waals surface area (Å²) >= 11 is 0. The average Bonchev–Trinajstić information content (AvgIpc) is 2.53. The lowest BCUT2D eigenvalue weighted by molar-refractivity contribution is -0.122. The van der Waals surface area contributed by atoms with Crippen molar-refractivity contribution in [1.29, 1.82) is 0 Å². The van der Waals surface area contributed by atoms with Gasteiger partial charge in [0.25, 0.3) is 0 Å². The summed E-state index contributed by atoms with van der Waals surface area (Å²) in [4.78, 5) is 35.9. The largest absolute Gasteiger partial charge is 0.478 e. The number of anilines is 1. The Kier molecular flexibility index (Phi) is 3.09. The highest BCUT2D eigenvalue weighted by Crippen LogP contribution is 2.33. The summed E-state index contributed by atoms with van der Waals surface area (Å²) in [7, 11) is 0. The smallest absolute Gasteiger partial charge is 0.337 e. The monoisotopic (exact) mass is 265 g/mol. The van der Waals surface area contributed by atoms with Crippen LogP contribution in [0.15, 0.2) is 18.2 Å². The zero-order valence-corrected chi connectivity index (χ0v) is 10.4. The molecule has 0 bridgehead atoms. The maximum Gasteiger partial charge on any atom is 0.337 e. The van der Waals surface area contributed by atoms with Gasteiger partial charge in [0.15, 0.2) is 0 Å². The molecule has 2 unspecified atom stereocenters. The van der Waals surface area contributed by atoms with Crippen LogP contribution in [0.2, 0.25) is 0 Å². The van der Waals surface area contributed by atoms with Gasteiger partial charge in [0.05, 0.1) is 11.3 Å². The number of nitrogens with zero attached hydrogens (tertiary/aromatic N) is 1. The van der Waals surface area contributed by atoms with E-state index in [1.807, 2.05) is 0 Å². The van der Waals surface area contributed by atoms with Crippen LogP contribution in [0.1, 0.15) is 24.2 Å². The summed E-state index contributed by atoms with van der Waals surface area (Å²) in [5, 5.41) is 9.05. The Hall–Kier alpha value is -2.24. The maximum atomic E-state index is 13.3. The van der Waals surface area contributed by atoms with E-state index in [0.717, 1.165) is 23.1 Å². The molecule has 100 valence electrons. The second-order valence-electron chi connectivity index (χ2n) is 4.56. The van der Waals surface area contributed by atoms with E-state index in [0.29, 0.717) is 0 Å². The maximum absolute atomic E-state index is 13.3. The summed E-state index contributed by atoms with van der Waals surface area (Å²) in [6.07, 6.45) is 0. The highest BCUT2D eigenvalue weighted by Gasteiger charge is 2.44. The number of rotatable bonds is 2. The molecule has 0 spiro atoms. The summed E-state index contributed by atoms with van der Waals surface area (Å²) in [6, 6.07) is 2.91. The van der Waals surface area contributed by atoms with Crippen molar-refractivity contribution in [2.24, 2.45) is 11.8 Å². The minimum absolute atomic E-state index is 0.210. The molecule has 1 aliphatic rings. The van der Waals surface area contributed by atoms with Crippen molar-refractivity contribution in [2.75, 3.05) is 4.90 Å². The highest BCUT2D eigenvalue weighted by molar-refractivity contribution is 6.23. The normalized spacial score (nSPS) is 23.0. The van der Waals surface area contributed by atoms with Crippen molar-refractivity contribution in [2.45, 2.75) is 13.8 Å². The molecule has 1 heterocycles. The van der Waals surface area contributed by atoms with E-state index in [2.05, 4.69) is 0 Å². The topological polar surface area (TPSA) is 74.7 Å². The van der Waals surface area contributed by atoms with Crippen LogP contribution >= 0.6 is 0 Å². The molecular formula is C13H12FNO4. The van der Waals surface area contributed by atoms with Crippen molar-refractivity contribution in [3.8, 4) is 0 Å². The second-order valence-corrected chi connectivity index (χ2v) is 4.56. The van der Waals surface area contributed by atoms with Crippen molar-refractivity contribution in [1.82, 2.24) is 0 Å². The number of hydrogen-bond donors (Lipinski definition) is 1. The Morgan fingerprint density at radius 2 is 1.74 bits per heavy atom. The fourth-order valence-corrected chi connectivity index (χ4v) is 2.05. The molecule has 1 aromatic carbocycles. The molecule has 1 fully saturated rings. The number of imide groups is 1. The number of halogens is 1. The second kappa shape index (κ2) is 4.46. The molecule has 0 aliphatic carbocycles. The van der Waals surface area contributed by atoms with E-state index in [-0.39, 0.29) is 11.3 Å². The standard InChI is InChI=1S/C13H12FNO4/c1-6-7(2)12(17)15(11(6)16)10-5-8(14)3-4-9(10)13(18)19/h3-7H,1-2H3,(H,18,19). The van der Waals surface area contributed by atoms with Crippen molar-refractivity contribution in [3.63, 3.8) is 0 Å². The number of carboxylic acid groups (broad SMARTS) is 1. The Morgan fingerprint density at radius 1 is 1.21 bits per heavy atom. The zero-order valence-electron chi connectivity index (χ0n) is 10.4. The molecule has 1 saturated heterocycles. The lowest BCUT2D eigenvalue weighted by Crippen LogP contribution is -2.32. The van der Waals surface area contributed by atoms with Gasteiger partial charge in [-0.3, -0.25) is 9.59 Å². The van der Waals surface area contributed by atoms with E-state index >= 15 is 0 Å². The Balaban J connectivity index is 2.59. The van der Waals surface area contributed by atoms with Crippen molar-refractivity contribution in [3.05, 3.63) is 29.6 Å². The fraction of sp³-hybridized carbons (Fsp3) is 0.308. The molecule has 2 amide bonds. The Morgan fingerprint density at radius 3 is 2.21 bits per heavy atom. The molecule has 6 heteroatoms. The number of amides is 2. The third-order valence-electron chi connectivity index (χ3n) is 3.40. The average molecular weight is 265 g/mol. The first kappa shape index (κ1) is 13.2. The Bertz CT molecular complexity index is 564. The van der Waals surface area contributed by atoms with Crippen LogP contribution in [0.4, 0.5) is 10.1 Å². The van der Waals surface area contributed by atoms with Gasteiger partial charge < -0.3 is 5.11 Å². The zero-order chi connectivity index (χ0) is 14.3. The molecule has 1 N–H and O–H groups in total. The lowest BCUT2D eigenvalue weighted by atomic mass is 10.00. The van der Waals surface area contributed by atoms with E-state index in [4.69, 9.17) is 5.11 Å². The molecule has 0 saturated carbocycles. The summed E-state index contributed by atoms with van der Waals surface area (Å²) in [5.74, 6) is -4.12. The van der Waals surface area contributed by atoms with Gasteiger partial charge in [-0.1, -0.05) is 13.8 Å². The third-order valence-corrected chi connectivity index (χ3v) is 3.40. The lowest BCUT2D eigenvalue weighted by Gasteiger charge is -2.17. The molecule has 0 aromatic heterocycles. The number of aromatic carboxylic acids is 1. The molecular weight excluding hydrogens is 253 g/mol. The van der Waals surface area contributed by atoms with E-state index < -0.39 is 35.4 Å². The molecule has 1 aliphatic heterocycles. The van der Waals surface area contributed by atoms with Crippen LogP contribution in [-0.2, 0) is 9.59 Å². The van der Waals surface area contributed by atoms with Gasteiger partial charge in [-0.2, -0.15) is 0 Å². The summed E-state index contributed by atoms with van der Waals surface area (Å²) < 4.78 is 13.3. The molecule has 19 heavy (non-hydrogen) atoms. The van der Waals surface area contributed by atoms with E-state index in [9.17, 15) is 18.8 Å². The Labute approximate surface area is 108 Å². The van der Waals surface area contributed by atoms with Crippen LogP contribution in [0, 0.1) is 17.7 Å². The molecule has 2 rings (SSSR count). The first-order valence-corrected chi connectivity index (χ1v) is 5.75. The number of carbonyl (C=O) groups is 3. The summed E-state index contributed by atoms with van der Waals surface area (Å²) in [5.41, 5.74) is -0.483. The predicted octanol–water partition coefficient (Wildman–Crippen LogP) is 1.67. The quantitative estimate of drug-likeness (QED) is 0.825. The van der Waals surface area contributed by atoms with Crippen LogP contribution in [0.25, 0.3) is 0 Å². The van der Waals surface area contributed by atoms with Gasteiger partial charge in [-0.15, -0.1) is 0 Å². The van der Waals surface area contributed by atoms with Gasteiger partial charge in [-0.25, -0.2) is 14.1 Å². The third kappa shape index (κ3) is 1.99. The van der Waals surface area contributed by atoms with Crippen LogP contribution in [-0.4, -0.2) is 22.9 Å². The minimum Gasteiger partial charge on any atom is -0.478 e. The molecule has 0 radical (unpaired) electrons. The number of carbonyl (C=O) groups excluding carboxylic acids is 2. The number of carboxylic acids is 1. The van der Waals surface area contributed by atoms with Gasteiger partial charge >= 0.3 is 5.97 Å². The van der Waals surface area contributed by atoms with Crippen molar-refractivity contribution < 1.29 is 23.9 Å². The van der Waals surface area contributed by atoms with Crippen LogP contribution in [0.3, 0.4) is 0 Å². The van der Waals surface area contributed by atoms with Gasteiger partial charge in [0.1, 0.15) is 5.82 Å². The molecule has 2 atom stereocenters. The van der Waals surface area contributed by atoms with Gasteiger partial charge in [0.2, 0.25) is 11.8 Å². The fourth-order valence-electron chi connectivity index (χ4n) is 2.05. The minimum atomic E-state index is -1.32. The predicted molar refractivity (Wildman–Crippen MR) is 64.2 cm³/mol. The molecule has 5 nitrogen and oxygen atoms in total. The van der Waals surface area contributed by atoms with Crippen LogP contribution < -0.4 is 4.90 Å². The summed E-state index contributed by atoms with van der Waals surface area (Å²) in [6.45, 7) is 3.18. The highest BCUT2D eigenvalue weighted by atomic mass is 19.1. The van der Waals surface area contributed by atoms with E-state index in [1.54, 1.807) is 13.8 Å². The SMILES string of the molecule is CC1C(=O)N(c2cc(F)ccc2C(=O)O)C(=O)C1C.